The molecule has 4 rings (SSSR count). The number of fused-ring (bicyclic) bond motifs is 2. The molecule has 0 saturated heterocycles. The van der Waals surface area contributed by atoms with Gasteiger partial charge < -0.3 is 15.2 Å². The Bertz CT molecular complexity index is 880. The molecule has 1 aromatic heterocycles. The molecule has 1 aliphatic carbocycles. The van der Waals surface area contributed by atoms with E-state index in [1.165, 1.54) is 40.4 Å². The van der Waals surface area contributed by atoms with Crippen LogP contribution in [-0.4, -0.2) is 59.1 Å². The van der Waals surface area contributed by atoms with E-state index in [4.69, 9.17) is 0 Å². The van der Waals surface area contributed by atoms with Gasteiger partial charge in [-0.05, 0) is 56.0 Å². The average molecular weight is 381 g/mol. The molecule has 0 saturated carbocycles. The van der Waals surface area contributed by atoms with Gasteiger partial charge in [0.2, 0.25) is 0 Å². The fourth-order valence-electron chi connectivity index (χ4n) is 4.79. The number of hydrogen-bond donors (Lipinski definition) is 2. The summed E-state index contributed by atoms with van der Waals surface area (Å²) in [6.45, 7) is 9.73. The number of rotatable bonds is 6. The van der Waals surface area contributed by atoms with Gasteiger partial charge in [0, 0.05) is 42.8 Å². The number of carbonyl (C=O) groups excluding carboxylic acids is 1. The zero-order valence-corrected chi connectivity index (χ0v) is 17.3. The van der Waals surface area contributed by atoms with Crippen LogP contribution >= 0.6 is 0 Å². The molecule has 0 fully saturated rings. The van der Waals surface area contributed by atoms with Crippen LogP contribution in [0.4, 0.5) is 4.79 Å². The smallest absolute Gasteiger partial charge is 0.317 e. The minimum atomic E-state index is 0.0390. The molecule has 0 spiro atoms. The molecule has 1 aromatic carbocycles. The lowest BCUT2D eigenvalue weighted by atomic mass is 9.81. The topological polar surface area (TPSA) is 51.4 Å². The summed E-state index contributed by atoms with van der Waals surface area (Å²) in [5.74, 6) is 0. The van der Waals surface area contributed by atoms with Crippen LogP contribution in [0.25, 0.3) is 16.5 Å². The highest BCUT2D eigenvalue weighted by atomic mass is 16.2. The van der Waals surface area contributed by atoms with Gasteiger partial charge in [0.15, 0.2) is 0 Å². The van der Waals surface area contributed by atoms with Crippen LogP contribution in [0, 0.1) is 0 Å². The lowest BCUT2D eigenvalue weighted by Crippen LogP contribution is -2.54. The highest BCUT2D eigenvalue weighted by molar-refractivity contribution is 5.98. The molecular weight excluding hydrogens is 348 g/mol. The Labute approximate surface area is 167 Å². The van der Waals surface area contributed by atoms with E-state index in [-0.39, 0.29) is 12.1 Å². The summed E-state index contributed by atoms with van der Waals surface area (Å²) < 4.78 is 0. The normalized spacial score (nSPS) is 21.3. The number of carbonyl (C=O) groups is 1. The second kappa shape index (κ2) is 8.00. The number of aromatic amines is 1. The minimum absolute atomic E-state index is 0.0390. The molecule has 2 aromatic rings. The van der Waals surface area contributed by atoms with Crippen LogP contribution < -0.4 is 5.32 Å². The molecule has 28 heavy (non-hydrogen) atoms. The van der Waals surface area contributed by atoms with Crippen molar-refractivity contribution in [3.05, 3.63) is 41.6 Å². The van der Waals surface area contributed by atoms with Crippen molar-refractivity contribution >= 4 is 22.5 Å². The third kappa shape index (κ3) is 3.32. The van der Waals surface area contributed by atoms with Gasteiger partial charge in [-0.25, -0.2) is 4.79 Å². The molecule has 0 bridgehead atoms. The van der Waals surface area contributed by atoms with E-state index in [9.17, 15) is 4.79 Å². The van der Waals surface area contributed by atoms with E-state index >= 15 is 0 Å². The van der Waals surface area contributed by atoms with Crippen molar-refractivity contribution < 1.29 is 4.79 Å². The van der Waals surface area contributed by atoms with Gasteiger partial charge in [-0.15, -0.1) is 0 Å². The van der Waals surface area contributed by atoms with Gasteiger partial charge in [0.25, 0.3) is 0 Å². The second-order valence-corrected chi connectivity index (χ2v) is 7.96. The van der Waals surface area contributed by atoms with Crippen LogP contribution in [0.2, 0.25) is 0 Å². The van der Waals surface area contributed by atoms with Crippen molar-refractivity contribution in [2.75, 3.05) is 26.2 Å². The maximum absolute atomic E-state index is 12.7. The van der Waals surface area contributed by atoms with Gasteiger partial charge >= 0.3 is 6.03 Å². The second-order valence-electron chi connectivity index (χ2n) is 7.96. The number of H-pyrrole nitrogens is 1. The van der Waals surface area contributed by atoms with Gasteiger partial charge in [0.1, 0.15) is 0 Å². The van der Waals surface area contributed by atoms with Crippen molar-refractivity contribution in [1.29, 1.82) is 0 Å². The molecule has 1 aliphatic heterocycles. The molecule has 2 atom stereocenters. The van der Waals surface area contributed by atoms with Gasteiger partial charge in [-0.2, -0.15) is 0 Å². The standard InChI is InChI=1S/C23H32N4O/c1-4-7-11-27-15-17(25-23(28)26(5-2)6-3)13-19-18-9-8-10-20-22(18)16(14-24-20)12-21(19)27/h8-10,13-14,17,21,24H,4-7,11-12,15H2,1-3H3,(H,25,28)/t17-,21-/m1/s1. The molecular formula is C23H32N4O. The fraction of sp³-hybridized carbons (Fsp3) is 0.522. The maximum Gasteiger partial charge on any atom is 0.317 e. The average Bonchev–Trinajstić information content (AvgIpc) is 3.12. The van der Waals surface area contributed by atoms with Crippen LogP contribution in [0.1, 0.15) is 44.7 Å². The first-order valence-corrected chi connectivity index (χ1v) is 10.8. The summed E-state index contributed by atoms with van der Waals surface area (Å²) in [7, 11) is 0. The predicted octanol–water partition coefficient (Wildman–Crippen LogP) is 4.01. The monoisotopic (exact) mass is 380 g/mol. The van der Waals surface area contributed by atoms with Gasteiger partial charge in [0.05, 0.1) is 6.04 Å². The van der Waals surface area contributed by atoms with Crippen molar-refractivity contribution in [2.45, 2.75) is 52.1 Å². The zero-order valence-electron chi connectivity index (χ0n) is 17.3. The van der Waals surface area contributed by atoms with Crippen molar-refractivity contribution in [2.24, 2.45) is 0 Å². The van der Waals surface area contributed by atoms with E-state index in [0.717, 1.165) is 32.6 Å². The summed E-state index contributed by atoms with van der Waals surface area (Å²) in [6.07, 6.45) is 7.91. The Hall–Kier alpha value is -2.27. The van der Waals surface area contributed by atoms with E-state index in [0.29, 0.717) is 6.04 Å². The summed E-state index contributed by atoms with van der Waals surface area (Å²) in [5.41, 5.74) is 5.33. The highest BCUT2D eigenvalue weighted by Crippen LogP contribution is 2.40. The molecule has 150 valence electrons. The number of nitrogens with one attached hydrogen (secondary N) is 2. The van der Waals surface area contributed by atoms with E-state index in [2.05, 4.69) is 52.6 Å². The van der Waals surface area contributed by atoms with Crippen molar-refractivity contribution in [1.82, 2.24) is 20.1 Å². The lowest BCUT2D eigenvalue weighted by Gasteiger charge is -2.42. The zero-order chi connectivity index (χ0) is 19.7. The quantitative estimate of drug-likeness (QED) is 0.795. The highest BCUT2D eigenvalue weighted by Gasteiger charge is 2.35. The molecule has 5 nitrogen and oxygen atoms in total. The SMILES string of the molecule is CCCCN1C[C@H](NC(=O)N(CC)CC)C=C2c3cccc4[nH]cc(c34)C[C@H]21. The first-order chi connectivity index (χ1) is 13.7. The largest absolute Gasteiger partial charge is 0.361 e. The molecule has 2 aliphatic rings. The number of benzene rings is 1. The van der Waals surface area contributed by atoms with Crippen LogP contribution in [-0.2, 0) is 6.42 Å². The van der Waals surface area contributed by atoms with E-state index < -0.39 is 0 Å². The molecule has 5 heteroatoms. The van der Waals surface area contributed by atoms with Crippen LogP contribution in [0.3, 0.4) is 0 Å². The predicted molar refractivity (Wildman–Crippen MR) is 115 cm³/mol. The first kappa shape index (κ1) is 19.1. The molecule has 0 radical (unpaired) electrons. The van der Waals surface area contributed by atoms with Gasteiger partial charge in [-0.1, -0.05) is 31.6 Å². The number of hydrogen-bond acceptors (Lipinski definition) is 2. The van der Waals surface area contributed by atoms with E-state index in [1.54, 1.807) is 0 Å². The Kier molecular flexibility index (Phi) is 5.44. The number of unbranched alkanes of at least 4 members (excludes halogenated alkanes) is 1. The number of nitrogens with zero attached hydrogens (tertiary/aromatic N) is 2. The third-order valence-corrected chi connectivity index (χ3v) is 6.28. The minimum Gasteiger partial charge on any atom is -0.361 e. The first-order valence-electron chi connectivity index (χ1n) is 10.8. The Morgan fingerprint density at radius 2 is 2.11 bits per heavy atom. The summed E-state index contributed by atoms with van der Waals surface area (Å²) in [4.78, 5) is 20.5. The summed E-state index contributed by atoms with van der Waals surface area (Å²) in [6, 6.07) is 7.02. The number of amides is 2. The lowest BCUT2D eigenvalue weighted by molar-refractivity contribution is 0.182. The third-order valence-electron chi connectivity index (χ3n) is 6.28. The summed E-state index contributed by atoms with van der Waals surface area (Å²) >= 11 is 0. The van der Waals surface area contributed by atoms with Crippen LogP contribution in [0.5, 0.6) is 0 Å². The molecule has 0 unspecified atom stereocenters. The maximum atomic E-state index is 12.7. The Balaban J connectivity index is 1.69. The number of aromatic nitrogens is 1. The van der Waals surface area contributed by atoms with Crippen LogP contribution in [0.15, 0.2) is 30.5 Å². The van der Waals surface area contributed by atoms with Crippen molar-refractivity contribution in [3.63, 3.8) is 0 Å². The molecule has 2 amide bonds. The Morgan fingerprint density at radius 3 is 2.86 bits per heavy atom. The van der Waals surface area contributed by atoms with Crippen molar-refractivity contribution in [3.8, 4) is 0 Å². The van der Waals surface area contributed by atoms with Gasteiger partial charge in [-0.3, -0.25) is 4.90 Å². The molecule has 2 N–H and O–H groups in total. The number of urea groups is 1. The fourth-order valence-corrected chi connectivity index (χ4v) is 4.79. The van der Waals surface area contributed by atoms with E-state index in [1.807, 2.05) is 18.7 Å². The Morgan fingerprint density at radius 1 is 1.29 bits per heavy atom. The summed E-state index contributed by atoms with van der Waals surface area (Å²) in [5, 5.41) is 4.63. The molecule has 2 heterocycles.